The molecule has 0 atom stereocenters. The van der Waals surface area contributed by atoms with Crippen LogP contribution in [-0.2, 0) is 6.54 Å². The van der Waals surface area contributed by atoms with E-state index in [2.05, 4.69) is 10.1 Å². The molecular formula is C16H11F3NO4-. The topological polar surface area (TPSA) is 78.5 Å². The molecule has 0 aromatic heterocycles. The summed E-state index contributed by atoms with van der Waals surface area (Å²) in [6.45, 7) is -0.271. The van der Waals surface area contributed by atoms with Gasteiger partial charge in [0.15, 0.2) is 0 Å². The van der Waals surface area contributed by atoms with Gasteiger partial charge in [-0.15, -0.1) is 13.2 Å². The summed E-state index contributed by atoms with van der Waals surface area (Å²) in [6.07, 6.45) is -4.86. The van der Waals surface area contributed by atoms with Gasteiger partial charge in [0.1, 0.15) is 5.75 Å². The van der Waals surface area contributed by atoms with Gasteiger partial charge in [-0.2, -0.15) is 0 Å². The van der Waals surface area contributed by atoms with Crippen molar-refractivity contribution in [2.75, 3.05) is 0 Å². The van der Waals surface area contributed by atoms with Crippen LogP contribution in [-0.4, -0.2) is 18.2 Å². The number of carboxylic acids is 1. The number of alkyl halides is 3. The number of carbonyl (C=O) groups excluding carboxylic acids is 2. The minimum absolute atomic E-state index is 0.0918. The van der Waals surface area contributed by atoms with E-state index >= 15 is 0 Å². The van der Waals surface area contributed by atoms with Crippen LogP contribution in [0.25, 0.3) is 0 Å². The van der Waals surface area contributed by atoms with Crippen molar-refractivity contribution in [1.82, 2.24) is 5.32 Å². The van der Waals surface area contributed by atoms with Crippen LogP contribution >= 0.6 is 0 Å². The third-order valence-corrected chi connectivity index (χ3v) is 3.03. The Bertz CT molecular complexity index is 759. The summed E-state index contributed by atoms with van der Waals surface area (Å²) in [4.78, 5) is 23.0. The second kappa shape index (κ2) is 7.03. The van der Waals surface area contributed by atoms with Gasteiger partial charge in [-0.1, -0.05) is 36.4 Å². The van der Waals surface area contributed by atoms with Crippen LogP contribution in [0.1, 0.15) is 26.3 Å². The molecule has 0 saturated carbocycles. The van der Waals surface area contributed by atoms with Crippen molar-refractivity contribution in [1.29, 1.82) is 0 Å². The molecule has 2 aromatic carbocycles. The van der Waals surface area contributed by atoms with Crippen LogP contribution in [0.3, 0.4) is 0 Å². The molecule has 0 aliphatic rings. The number of aromatic carboxylic acids is 1. The third-order valence-electron chi connectivity index (χ3n) is 3.03. The van der Waals surface area contributed by atoms with Gasteiger partial charge >= 0.3 is 6.36 Å². The SMILES string of the molecule is O=C([O-])c1ccccc1C(=O)NCc1ccccc1OC(F)(F)F. The standard InChI is InChI=1S/C16H12F3NO4/c17-16(18,19)24-13-8-4-1-5-10(13)9-20-14(21)11-6-2-3-7-12(11)15(22)23/h1-8H,9H2,(H,20,21)(H,22,23)/p-1. The Balaban J connectivity index is 2.15. The minimum atomic E-state index is -4.86. The lowest BCUT2D eigenvalue weighted by Crippen LogP contribution is -2.29. The third kappa shape index (κ3) is 4.48. The lowest BCUT2D eigenvalue weighted by molar-refractivity contribution is -0.275. The van der Waals surface area contributed by atoms with E-state index < -0.39 is 24.0 Å². The number of hydrogen-bond acceptors (Lipinski definition) is 4. The Labute approximate surface area is 134 Å². The van der Waals surface area contributed by atoms with E-state index in [1.807, 2.05) is 0 Å². The van der Waals surface area contributed by atoms with E-state index in [9.17, 15) is 27.9 Å². The van der Waals surface area contributed by atoms with Crippen LogP contribution in [0, 0.1) is 0 Å². The molecule has 0 aliphatic carbocycles. The highest BCUT2D eigenvalue weighted by molar-refractivity contribution is 6.04. The normalized spacial score (nSPS) is 11.0. The van der Waals surface area contributed by atoms with Gasteiger partial charge < -0.3 is 20.0 Å². The second-order valence-corrected chi connectivity index (χ2v) is 4.67. The average molecular weight is 338 g/mol. The van der Waals surface area contributed by atoms with E-state index in [1.54, 1.807) is 0 Å². The molecule has 2 aromatic rings. The second-order valence-electron chi connectivity index (χ2n) is 4.67. The fourth-order valence-electron chi connectivity index (χ4n) is 2.00. The number of hydrogen-bond donors (Lipinski definition) is 1. The molecule has 0 unspecified atom stereocenters. The zero-order valence-electron chi connectivity index (χ0n) is 12.1. The molecule has 0 radical (unpaired) electrons. The molecule has 0 bridgehead atoms. The highest BCUT2D eigenvalue weighted by atomic mass is 19.4. The summed E-state index contributed by atoms with van der Waals surface area (Å²) >= 11 is 0. The summed E-state index contributed by atoms with van der Waals surface area (Å²) < 4.78 is 40.9. The van der Waals surface area contributed by atoms with Crippen molar-refractivity contribution >= 4 is 11.9 Å². The van der Waals surface area contributed by atoms with Crippen molar-refractivity contribution < 1.29 is 32.6 Å². The molecule has 1 N–H and O–H groups in total. The maximum absolute atomic E-state index is 12.3. The molecular weight excluding hydrogens is 327 g/mol. The van der Waals surface area contributed by atoms with Crippen LogP contribution in [0.2, 0.25) is 0 Å². The maximum atomic E-state index is 12.3. The summed E-state index contributed by atoms with van der Waals surface area (Å²) in [5.41, 5.74) is -0.365. The number of nitrogens with one attached hydrogen (secondary N) is 1. The first kappa shape index (κ1) is 17.3. The van der Waals surface area contributed by atoms with Gasteiger partial charge in [0, 0.05) is 23.2 Å². The molecule has 2 rings (SSSR count). The molecule has 1 amide bonds. The van der Waals surface area contributed by atoms with E-state index in [0.29, 0.717) is 0 Å². The number of rotatable bonds is 5. The Morgan fingerprint density at radius 1 is 1.00 bits per heavy atom. The smallest absolute Gasteiger partial charge is 0.545 e. The van der Waals surface area contributed by atoms with Gasteiger partial charge in [-0.3, -0.25) is 4.79 Å². The van der Waals surface area contributed by atoms with Crippen molar-refractivity contribution in [3.05, 3.63) is 65.2 Å². The molecule has 0 saturated heterocycles. The van der Waals surface area contributed by atoms with Gasteiger partial charge in [0.25, 0.3) is 5.91 Å². The zero-order chi connectivity index (χ0) is 17.7. The number of ether oxygens (including phenoxy) is 1. The summed E-state index contributed by atoms with van der Waals surface area (Å²) in [6, 6.07) is 10.7. The highest BCUT2D eigenvalue weighted by Gasteiger charge is 2.32. The van der Waals surface area contributed by atoms with Gasteiger partial charge in [-0.25, -0.2) is 0 Å². The predicted molar refractivity (Wildman–Crippen MR) is 75.1 cm³/mol. The Kier molecular flexibility index (Phi) is 5.08. The number of benzene rings is 2. The molecule has 8 heteroatoms. The number of carboxylic acid groups (broad SMARTS) is 1. The van der Waals surface area contributed by atoms with Gasteiger partial charge in [0.2, 0.25) is 0 Å². The van der Waals surface area contributed by atoms with Gasteiger partial charge in [0.05, 0.1) is 5.97 Å². The molecule has 0 fully saturated rings. The van der Waals surface area contributed by atoms with Crippen molar-refractivity contribution in [2.45, 2.75) is 12.9 Å². The Morgan fingerprint density at radius 2 is 1.58 bits per heavy atom. The van der Waals surface area contributed by atoms with Gasteiger partial charge in [-0.05, 0) is 12.1 Å². The van der Waals surface area contributed by atoms with E-state index in [-0.39, 0.29) is 23.2 Å². The van der Waals surface area contributed by atoms with Crippen LogP contribution in [0.4, 0.5) is 13.2 Å². The van der Waals surface area contributed by atoms with Crippen molar-refractivity contribution in [3.63, 3.8) is 0 Å². The summed E-state index contributed by atoms with van der Waals surface area (Å²) in [5.74, 6) is -2.73. The Hall–Kier alpha value is -3.03. The van der Waals surface area contributed by atoms with Crippen LogP contribution in [0.5, 0.6) is 5.75 Å². The number of carbonyl (C=O) groups is 2. The minimum Gasteiger partial charge on any atom is -0.545 e. The average Bonchev–Trinajstić information content (AvgIpc) is 2.52. The van der Waals surface area contributed by atoms with E-state index in [1.165, 1.54) is 42.5 Å². The summed E-state index contributed by atoms with van der Waals surface area (Å²) in [5, 5.41) is 13.3. The number of amides is 1. The van der Waals surface area contributed by atoms with E-state index in [0.717, 1.165) is 6.07 Å². The molecule has 0 aliphatic heterocycles. The largest absolute Gasteiger partial charge is 0.573 e. The zero-order valence-corrected chi connectivity index (χ0v) is 12.1. The van der Waals surface area contributed by atoms with Crippen molar-refractivity contribution in [2.24, 2.45) is 0 Å². The molecule has 126 valence electrons. The quantitative estimate of drug-likeness (QED) is 0.903. The monoisotopic (exact) mass is 338 g/mol. The van der Waals surface area contributed by atoms with Crippen LogP contribution < -0.4 is 15.2 Å². The number of halogens is 3. The maximum Gasteiger partial charge on any atom is 0.573 e. The first-order valence-corrected chi connectivity index (χ1v) is 6.70. The molecule has 0 spiro atoms. The lowest BCUT2D eigenvalue weighted by atomic mass is 10.1. The Morgan fingerprint density at radius 3 is 2.21 bits per heavy atom. The fraction of sp³-hybridized carbons (Fsp3) is 0.125. The predicted octanol–water partition coefficient (Wildman–Crippen LogP) is 1.88. The van der Waals surface area contributed by atoms with Crippen molar-refractivity contribution in [3.8, 4) is 5.75 Å². The first-order valence-electron chi connectivity index (χ1n) is 6.70. The summed E-state index contributed by atoms with van der Waals surface area (Å²) in [7, 11) is 0. The number of para-hydroxylation sites is 1. The fourth-order valence-corrected chi connectivity index (χ4v) is 2.00. The molecule has 5 nitrogen and oxygen atoms in total. The molecule has 0 heterocycles. The first-order chi connectivity index (χ1) is 11.3. The lowest BCUT2D eigenvalue weighted by Gasteiger charge is -2.14. The molecule has 24 heavy (non-hydrogen) atoms. The van der Waals surface area contributed by atoms with E-state index in [4.69, 9.17) is 0 Å². The highest BCUT2D eigenvalue weighted by Crippen LogP contribution is 2.26. The van der Waals surface area contributed by atoms with Crippen LogP contribution in [0.15, 0.2) is 48.5 Å².